The maximum atomic E-state index is 5.63. The monoisotopic (exact) mass is 222 g/mol. The summed E-state index contributed by atoms with van der Waals surface area (Å²) in [6.07, 6.45) is 7.66. The number of piperidine rings is 1. The lowest BCUT2D eigenvalue weighted by molar-refractivity contribution is 0.160. The van der Waals surface area contributed by atoms with Gasteiger partial charge >= 0.3 is 0 Å². The van der Waals surface area contributed by atoms with E-state index in [0.29, 0.717) is 0 Å². The topological polar surface area (TPSA) is 47.1 Å². The van der Waals surface area contributed by atoms with Crippen molar-refractivity contribution in [1.82, 2.24) is 14.5 Å². The number of imidazole rings is 1. The van der Waals surface area contributed by atoms with Gasteiger partial charge in [-0.05, 0) is 38.3 Å². The molecule has 4 heteroatoms. The van der Waals surface area contributed by atoms with Crippen molar-refractivity contribution in [2.75, 3.05) is 19.6 Å². The van der Waals surface area contributed by atoms with Gasteiger partial charge in [-0.1, -0.05) is 0 Å². The maximum absolute atomic E-state index is 5.63. The molecule has 2 rings (SSSR count). The summed E-state index contributed by atoms with van der Waals surface area (Å²) in [5.74, 6) is 0.798. The van der Waals surface area contributed by atoms with Crippen LogP contribution in [-0.4, -0.2) is 34.1 Å². The summed E-state index contributed by atoms with van der Waals surface area (Å²) < 4.78 is 2.10. The van der Waals surface area contributed by atoms with Crippen LogP contribution in [0.5, 0.6) is 0 Å². The van der Waals surface area contributed by atoms with E-state index in [0.717, 1.165) is 19.0 Å². The average molecular weight is 222 g/mol. The van der Waals surface area contributed by atoms with Crippen molar-refractivity contribution in [2.24, 2.45) is 18.7 Å². The second-order valence-electron chi connectivity index (χ2n) is 4.82. The second-order valence-corrected chi connectivity index (χ2v) is 4.82. The van der Waals surface area contributed by atoms with Crippen molar-refractivity contribution in [3.63, 3.8) is 0 Å². The van der Waals surface area contributed by atoms with E-state index in [4.69, 9.17) is 5.73 Å². The summed E-state index contributed by atoms with van der Waals surface area (Å²) in [7, 11) is 2.06. The molecule has 2 heterocycles. The molecular weight excluding hydrogens is 200 g/mol. The molecule has 0 aromatic carbocycles. The molecule has 1 unspecified atom stereocenters. The number of hydrogen-bond donors (Lipinski definition) is 1. The van der Waals surface area contributed by atoms with Gasteiger partial charge in [0, 0.05) is 26.3 Å². The van der Waals surface area contributed by atoms with E-state index in [1.54, 1.807) is 0 Å². The molecule has 0 amide bonds. The molecule has 0 saturated carbocycles. The van der Waals surface area contributed by atoms with Crippen LogP contribution < -0.4 is 5.73 Å². The fraction of sp³-hybridized carbons (Fsp3) is 0.750. The van der Waals surface area contributed by atoms with Gasteiger partial charge < -0.3 is 10.3 Å². The Balaban J connectivity index is 1.88. The SMILES string of the molecule is Cn1cncc1CN1CCCC(CCN)C1. The predicted octanol–water partition coefficient (Wildman–Crippen LogP) is 0.981. The van der Waals surface area contributed by atoms with E-state index in [2.05, 4.69) is 21.5 Å². The van der Waals surface area contributed by atoms with E-state index in [9.17, 15) is 0 Å². The zero-order valence-electron chi connectivity index (χ0n) is 10.1. The minimum Gasteiger partial charge on any atom is -0.337 e. The van der Waals surface area contributed by atoms with E-state index >= 15 is 0 Å². The fourth-order valence-electron chi connectivity index (χ4n) is 2.53. The van der Waals surface area contributed by atoms with Crippen LogP contribution in [-0.2, 0) is 13.6 Å². The number of nitrogens with zero attached hydrogens (tertiary/aromatic N) is 3. The highest BCUT2D eigenvalue weighted by molar-refractivity contribution is 4.97. The van der Waals surface area contributed by atoms with Crippen molar-refractivity contribution in [3.05, 3.63) is 18.2 Å². The van der Waals surface area contributed by atoms with Gasteiger partial charge in [0.2, 0.25) is 0 Å². The summed E-state index contributed by atoms with van der Waals surface area (Å²) in [6.45, 7) is 4.26. The van der Waals surface area contributed by atoms with Gasteiger partial charge in [0.25, 0.3) is 0 Å². The molecule has 1 aliphatic heterocycles. The third-order valence-electron chi connectivity index (χ3n) is 3.48. The summed E-state index contributed by atoms with van der Waals surface area (Å²) in [5, 5.41) is 0. The Kier molecular flexibility index (Phi) is 3.96. The molecule has 16 heavy (non-hydrogen) atoms. The lowest BCUT2D eigenvalue weighted by Gasteiger charge is -2.32. The van der Waals surface area contributed by atoms with Gasteiger partial charge in [-0.15, -0.1) is 0 Å². The first-order valence-corrected chi connectivity index (χ1v) is 6.17. The Bertz CT molecular complexity index is 319. The summed E-state index contributed by atoms with van der Waals surface area (Å²) >= 11 is 0. The van der Waals surface area contributed by atoms with Gasteiger partial charge in [-0.3, -0.25) is 4.90 Å². The maximum Gasteiger partial charge on any atom is 0.0945 e. The van der Waals surface area contributed by atoms with Crippen LogP contribution in [0.1, 0.15) is 25.0 Å². The first kappa shape index (κ1) is 11.6. The smallest absolute Gasteiger partial charge is 0.0945 e. The zero-order valence-corrected chi connectivity index (χ0v) is 10.1. The molecule has 0 spiro atoms. The van der Waals surface area contributed by atoms with E-state index < -0.39 is 0 Å². The third kappa shape index (κ3) is 2.83. The van der Waals surface area contributed by atoms with Gasteiger partial charge in [0.1, 0.15) is 0 Å². The molecule has 1 aromatic rings. The molecule has 2 N–H and O–H groups in total. The van der Waals surface area contributed by atoms with Gasteiger partial charge in [-0.2, -0.15) is 0 Å². The van der Waals surface area contributed by atoms with Crippen molar-refractivity contribution in [3.8, 4) is 0 Å². The highest BCUT2D eigenvalue weighted by atomic mass is 15.2. The van der Waals surface area contributed by atoms with Gasteiger partial charge in [0.05, 0.1) is 12.0 Å². The van der Waals surface area contributed by atoms with Crippen LogP contribution in [0.4, 0.5) is 0 Å². The lowest BCUT2D eigenvalue weighted by Crippen LogP contribution is -2.36. The third-order valence-corrected chi connectivity index (χ3v) is 3.48. The molecule has 0 aliphatic carbocycles. The number of aromatic nitrogens is 2. The van der Waals surface area contributed by atoms with E-state index in [-0.39, 0.29) is 0 Å². The Morgan fingerprint density at radius 3 is 3.12 bits per heavy atom. The minimum atomic E-state index is 0.798. The Hall–Kier alpha value is -0.870. The van der Waals surface area contributed by atoms with Crippen molar-refractivity contribution in [1.29, 1.82) is 0 Å². The van der Waals surface area contributed by atoms with Crippen molar-refractivity contribution < 1.29 is 0 Å². The molecule has 1 saturated heterocycles. The van der Waals surface area contributed by atoms with Crippen LogP contribution in [0.15, 0.2) is 12.5 Å². The lowest BCUT2D eigenvalue weighted by atomic mass is 9.95. The largest absolute Gasteiger partial charge is 0.337 e. The number of nitrogens with two attached hydrogens (primary N) is 1. The molecule has 1 atom stereocenters. The van der Waals surface area contributed by atoms with Crippen LogP contribution in [0, 0.1) is 5.92 Å². The summed E-state index contributed by atoms with van der Waals surface area (Å²) in [5.41, 5.74) is 6.93. The fourth-order valence-corrected chi connectivity index (χ4v) is 2.53. The highest BCUT2D eigenvalue weighted by Crippen LogP contribution is 2.20. The van der Waals surface area contributed by atoms with Crippen LogP contribution in [0.25, 0.3) is 0 Å². The molecule has 0 radical (unpaired) electrons. The Morgan fingerprint density at radius 2 is 2.44 bits per heavy atom. The second kappa shape index (κ2) is 5.46. The molecular formula is C12H22N4. The quantitative estimate of drug-likeness (QED) is 0.826. The summed E-state index contributed by atoms with van der Waals surface area (Å²) in [4.78, 5) is 6.69. The molecule has 1 aromatic heterocycles. The normalized spacial score (nSPS) is 22.5. The van der Waals surface area contributed by atoms with Gasteiger partial charge in [-0.25, -0.2) is 4.98 Å². The zero-order chi connectivity index (χ0) is 11.4. The van der Waals surface area contributed by atoms with Crippen LogP contribution in [0.3, 0.4) is 0 Å². The van der Waals surface area contributed by atoms with Crippen LogP contribution >= 0.6 is 0 Å². The molecule has 1 fully saturated rings. The standard InChI is InChI=1S/C12H22N4/c1-15-10-14-7-12(15)9-16-6-2-3-11(8-16)4-5-13/h7,10-11H,2-6,8-9,13H2,1H3. The minimum absolute atomic E-state index is 0.798. The summed E-state index contributed by atoms with van der Waals surface area (Å²) in [6, 6.07) is 0. The number of aryl methyl sites for hydroxylation is 1. The van der Waals surface area contributed by atoms with Gasteiger partial charge in [0.15, 0.2) is 0 Å². The van der Waals surface area contributed by atoms with Crippen LogP contribution in [0.2, 0.25) is 0 Å². The first-order chi connectivity index (χ1) is 7.79. The van der Waals surface area contributed by atoms with Crippen molar-refractivity contribution in [2.45, 2.75) is 25.8 Å². The number of likely N-dealkylation sites (tertiary alicyclic amines) is 1. The Morgan fingerprint density at radius 1 is 1.56 bits per heavy atom. The number of rotatable bonds is 4. The first-order valence-electron chi connectivity index (χ1n) is 6.17. The Labute approximate surface area is 97.4 Å². The predicted molar refractivity (Wildman–Crippen MR) is 64.9 cm³/mol. The average Bonchev–Trinajstić information content (AvgIpc) is 2.66. The molecule has 90 valence electrons. The van der Waals surface area contributed by atoms with Crippen molar-refractivity contribution >= 4 is 0 Å². The van der Waals surface area contributed by atoms with E-state index in [1.165, 1.54) is 38.0 Å². The number of hydrogen-bond acceptors (Lipinski definition) is 3. The highest BCUT2D eigenvalue weighted by Gasteiger charge is 2.19. The molecule has 4 nitrogen and oxygen atoms in total. The van der Waals surface area contributed by atoms with E-state index in [1.807, 2.05) is 12.5 Å². The molecule has 0 bridgehead atoms. The molecule has 1 aliphatic rings.